The van der Waals surface area contributed by atoms with E-state index in [0.29, 0.717) is 19.4 Å². The Morgan fingerprint density at radius 3 is 2.00 bits per heavy atom. The third-order valence-electron chi connectivity index (χ3n) is 5.41. The lowest BCUT2D eigenvalue weighted by molar-refractivity contribution is 0.136. The van der Waals surface area contributed by atoms with Crippen LogP contribution in [-0.4, -0.2) is 26.1 Å². The van der Waals surface area contributed by atoms with Crippen molar-refractivity contribution in [2.24, 2.45) is 0 Å². The van der Waals surface area contributed by atoms with Crippen molar-refractivity contribution in [3.05, 3.63) is 85.5 Å². The van der Waals surface area contributed by atoms with Crippen LogP contribution in [0.3, 0.4) is 0 Å². The zero-order valence-electron chi connectivity index (χ0n) is 18.2. The molecule has 2 aromatic carbocycles. The molecule has 0 aliphatic heterocycles. The van der Waals surface area contributed by atoms with Crippen molar-refractivity contribution in [2.75, 3.05) is 6.61 Å². The van der Waals surface area contributed by atoms with Crippen molar-refractivity contribution >= 4 is 18.7 Å². The predicted molar refractivity (Wildman–Crippen MR) is 127 cm³/mol. The van der Waals surface area contributed by atoms with Crippen molar-refractivity contribution in [1.82, 2.24) is 0 Å². The van der Waals surface area contributed by atoms with Gasteiger partial charge in [-0.2, -0.15) is 0 Å². The normalized spacial score (nSPS) is 13.1. The highest BCUT2D eigenvalue weighted by molar-refractivity contribution is 6.99. The van der Waals surface area contributed by atoms with Gasteiger partial charge in [0.2, 0.25) is 0 Å². The molecular formula is C26H36O2Si. The van der Waals surface area contributed by atoms with Gasteiger partial charge in [-0.15, -0.1) is 6.58 Å². The molecule has 0 fully saturated rings. The van der Waals surface area contributed by atoms with Crippen LogP contribution in [0, 0.1) is 0 Å². The van der Waals surface area contributed by atoms with E-state index in [-0.39, 0.29) is 5.04 Å². The molecule has 3 heteroatoms. The Morgan fingerprint density at radius 1 is 1.03 bits per heavy atom. The number of aliphatic hydroxyl groups excluding tert-OH is 1. The van der Waals surface area contributed by atoms with Crippen molar-refractivity contribution in [2.45, 2.75) is 57.6 Å². The summed E-state index contributed by atoms with van der Waals surface area (Å²) in [5, 5.41) is 13.0. The lowest BCUT2D eigenvalue weighted by Gasteiger charge is -2.43. The van der Waals surface area contributed by atoms with Gasteiger partial charge in [0.25, 0.3) is 8.32 Å². The standard InChI is InChI=1S/C26H36O2Si/c1-6-7-14-22(2)21-23(27)19-20-28-29(26(3,4)5,24-15-10-8-11-16-24)25-17-12-9-13-18-25/h6,8-13,15-18,23,27H,1-2,7,14,19-21H2,3-5H3/t23-/m0/s1. The first-order valence-corrected chi connectivity index (χ1v) is 12.4. The molecule has 0 saturated carbocycles. The summed E-state index contributed by atoms with van der Waals surface area (Å²) in [5.41, 5.74) is 1.07. The summed E-state index contributed by atoms with van der Waals surface area (Å²) in [5.74, 6) is 0. The lowest BCUT2D eigenvalue weighted by Crippen LogP contribution is -2.66. The minimum absolute atomic E-state index is 0.0474. The molecular weight excluding hydrogens is 372 g/mol. The maximum atomic E-state index is 10.5. The average Bonchev–Trinajstić information content (AvgIpc) is 2.70. The van der Waals surface area contributed by atoms with E-state index >= 15 is 0 Å². The molecule has 2 rings (SSSR count). The molecule has 0 aliphatic carbocycles. The minimum atomic E-state index is -2.52. The Labute approximate surface area is 178 Å². The maximum Gasteiger partial charge on any atom is 0.261 e. The van der Waals surface area contributed by atoms with Gasteiger partial charge in [-0.3, -0.25) is 0 Å². The van der Waals surface area contributed by atoms with E-state index in [1.165, 1.54) is 10.4 Å². The van der Waals surface area contributed by atoms with Crippen LogP contribution in [0.15, 0.2) is 85.5 Å². The molecule has 29 heavy (non-hydrogen) atoms. The van der Waals surface area contributed by atoms with Gasteiger partial charge in [0.1, 0.15) is 0 Å². The maximum absolute atomic E-state index is 10.5. The Balaban J connectivity index is 2.23. The highest BCUT2D eigenvalue weighted by atomic mass is 28.4. The summed E-state index contributed by atoms with van der Waals surface area (Å²) in [6.45, 7) is 15.2. The van der Waals surface area contributed by atoms with Crippen molar-refractivity contribution in [3.8, 4) is 0 Å². The van der Waals surface area contributed by atoms with Gasteiger partial charge in [0.15, 0.2) is 0 Å². The predicted octanol–water partition coefficient (Wildman–Crippen LogP) is 5.23. The second-order valence-electron chi connectivity index (χ2n) is 8.74. The van der Waals surface area contributed by atoms with Gasteiger partial charge in [-0.25, -0.2) is 0 Å². The summed E-state index contributed by atoms with van der Waals surface area (Å²) < 4.78 is 6.83. The Morgan fingerprint density at radius 2 is 1.55 bits per heavy atom. The fourth-order valence-electron chi connectivity index (χ4n) is 3.95. The van der Waals surface area contributed by atoms with Crippen LogP contribution >= 0.6 is 0 Å². The molecule has 1 N–H and O–H groups in total. The Bertz CT molecular complexity index is 723. The number of hydrogen-bond donors (Lipinski definition) is 1. The first kappa shape index (κ1) is 23.3. The molecule has 0 spiro atoms. The number of allylic oxidation sites excluding steroid dienone is 1. The van der Waals surface area contributed by atoms with E-state index in [2.05, 4.69) is 94.6 Å². The molecule has 0 amide bonds. The number of hydrogen-bond acceptors (Lipinski definition) is 2. The van der Waals surface area contributed by atoms with Crippen LogP contribution in [0.2, 0.25) is 5.04 Å². The largest absolute Gasteiger partial charge is 0.407 e. The second-order valence-corrected chi connectivity index (χ2v) is 13.0. The number of aliphatic hydroxyl groups is 1. The first-order valence-electron chi connectivity index (χ1n) is 10.5. The summed E-state index contributed by atoms with van der Waals surface area (Å²) in [6.07, 6.45) is 4.49. The van der Waals surface area contributed by atoms with Crippen molar-refractivity contribution in [3.63, 3.8) is 0 Å². The highest BCUT2D eigenvalue weighted by Crippen LogP contribution is 2.36. The van der Waals surface area contributed by atoms with Crippen LogP contribution in [0.25, 0.3) is 0 Å². The summed E-state index contributed by atoms with van der Waals surface area (Å²) in [4.78, 5) is 0. The fourth-order valence-corrected chi connectivity index (χ4v) is 8.53. The molecule has 0 unspecified atom stereocenters. The van der Waals surface area contributed by atoms with Gasteiger partial charge in [0.05, 0.1) is 6.10 Å². The molecule has 0 aliphatic rings. The third-order valence-corrected chi connectivity index (χ3v) is 10.5. The van der Waals surface area contributed by atoms with Crippen LogP contribution in [0.5, 0.6) is 0 Å². The first-order chi connectivity index (χ1) is 13.8. The molecule has 0 saturated heterocycles. The SMILES string of the molecule is C=CCCC(=C)C[C@@H](O)CCO[Si](c1ccccc1)(c1ccccc1)C(C)(C)C. The van der Waals surface area contributed by atoms with Crippen LogP contribution in [0.1, 0.15) is 46.5 Å². The van der Waals surface area contributed by atoms with E-state index in [9.17, 15) is 5.11 Å². The van der Waals surface area contributed by atoms with Crippen LogP contribution in [-0.2, 0) is 4.43 Å². The molecule has 0 bridgehead atoms. The molecule has 1 atom stereocenters. The van der Waals surface area contributed by atoms with E-state index < -0.39 is 14.4 Å². The van der Waals surface area contributed by atoms with Crippen molar-refractivity contribution < 1.29 is 9.53 Å². The molecule has 0 radical (unpaired) electrons. The van der Waals surface area contributed by atoms with Gasteiger partial charge in [0, 0.05) is 6.61 Å². The molecule has 2 nitrogen and oxygen atoms in total. The topological polar surface area (TPSA) is 29.5 Å². The molecule has 0 aromatic heterocycles. The van der Waals surface area contributed by atoms with Crippen LogP contribution < -0.4 is 10.4 Å². The summed E-state index contributed by atoms with van der Waals surface area (Å²) in [6, 6.07) is 21.2. The average molecular weight is 409 g/mol. The molecule has 156 valence electrons. The van der Waals surface area contributed by atoms with E-state index in [1.807, 2.05) is 6.08 Å². The zero-order valence-corrected chi connectivity index (χ0v) is 19.2. The summed E-state index contributed by atoms with van der Waals surface area (Å²) >= 11 is 0. The Kier molecular flexibility index (Phi) is 8.63. The van der Waals surface area contributed by atoms with Crippen molar-refractivity contribution in [1.29, 1.82) is 0 Å². The molecule has 2 aromatic rings. The van der Waals surface area contributed by atoms with E-state index in [4.69, 9.17) is 4.43 Å². The smallest absolute Gasteiger partial charge is 0.261 e. The number of benzene rings is 2. The number of rotatable bonds is 11. The zero-order chi connectivity index (χ0) is 21.3. The molecule has 0 heterocycles. The van der Waals surface area contributed by atoms with Gasteiger partial charge >= 0.3 is 0 Å². The highest BCUT2D eigenvalue weighted by Gasteiger charge is 2.50. The summed E-state index contributed by atoms with van der Waals surface area (Å²) in [7, 11) is -2.52. The minimum Gasteiger partial charge on any atom is -0.407 e. The van der Waals surface area contributed by atoms with Gasteiger partial charge < -0.3 is 9.53 Å². The van der Waals surface area contributed by atoms with E-state index in [1.54, 1.807) is 0 Å². The monoisotopic (exact) mass is 408 g/mol. The fraction of sp³-hybridized carbons (Fsp3) is 0.385. The van der Waals surface area contributed by atoms with Gasteiger partial charge in [-0.05, 0) is 41.1 Å². The van der Waals surface area contributed by atoms with Gasteiger partial charge in [-0.1, -0.05) is 99.7 Å². The Hall–Kier alpha value is -1.94. The third kappa shape index (κ3) is 6.02. The second kappa shape index (κ2) is 10.7. The lowest BCUT2D eigenvalue weighted by atomic mass is 10.0. The van der Waals surface area contributed by atoms with Crippen LogP contribution in [0.4, 0.5) is 0 Å². The quantitative estimate of drug-likeness (QED) is 0.408. The van der Waals surface area contributed by atoms with E-state index in [0.717, 1.165) is 18.4 Å².